The zero-order chi connectivity index (χ0) is 20.9. The number of hydrogen-bond acceptors (Lipinski definition) is 10. The first-order chi connectivity index (χ1) is 13.1. The highest BCUT2D eigenvalue weighted by atomic mass is 35.5. The van der Waals surface area contributed by atoms with Crippen molar-refractivity contribution in [2.45, 2.75) is 20.0 Å². The molecular formula is C14H21ClN6O5P2. The topological polar surface area (TPSA) is 182 Å². The minimum Gasteiger partial charge on any atom is -0.368 e. The van der Waals surface area contributed by atoms with E-state index in [-0.39, 0.29) is 29.4 Å². The van der Waals surface area contributed by atoms with Gasteiger partial charge in [0.05, 0.1) is 12.7 Å². The third-order valence-corrected chi connectivity index (χ3v) is 5.65. The minimum absolute atomic E-state index is 0.0417. The van der Waals surface area contributed by atoms with E-state index in [4.69, 9.17) is 47.1 Å². The average Bonchev–Trinajstić information content (AvgIpc) is 2.56. The first-order valence-electron chi connectivity index (χ1n) is 7.85. The highest BCUT2D eigenvalue weighted by Gasteiger charge is 2.41. The van der Waals surface area contributed by atoms with Crippen molar-refractivity contribution in [2.24, 2.45) is 5.41 Å². The molecule has 7 N–H and O–H groups in total. The quantitative estimate of drug-likeness (QED) is 0.504. The number of rotatable bonds is 3. The fraction of sp³-hybridized carbons (Fsp3) is 0.357. The summed E-state index contributed by atoms with van der Waals surface area (Å²) in [5.74, 6) is 0.125. The summed E-state index contributed by atoms with van der Waals surface area (Å²) in [6.07, 6.45) is -0.272. The molecule has 154 valence electrons. The summed E-state index contributed by atoms with van der Waals surface area (Å²) in [7, 11) is -4.86. The molecule has 1 aromatic carbocycles. The van der Waals surface area contributed by atoms with Crippen molar-refractivity contribution in [3.8, 4) is 0 Å². The van der Waals surface area contributed by atoms with Gasteiger partial charge in [-0.3, -0.25) is 4.57 Å². The Bertz CT molecular complexity index is 778. The van der Waals surface area contributed by atoms with Crippen molar-refractivity contribution in [1.82, 2.24) is 15.0 Å². The molecule has 2 heterocycles. The van der Waals surface area contributed by atoms with Crippen LogP contribution in [-0.2, 0) is 17.9 Å². The Balaban J connectivity index is 0.000000261. The molecule has 3 unspecified atom stereocenters. The van der Waals surface area contributed by atoms with E-state index in [1.807, 2.05) is 26.0 Å². The smallest absolute Gasteiger partial charge is 0.340 e. The van der Waals surface area contributed by atoms with Crippen LogP contribution in [0.15, 0.2) is 24.3 Å². The van der Waals surface area contributed by atoms with Crippen LogP contribution in [0.2, 0.25) is 5.02 Å². The monoisotopic (exact) mass is 450 g/mol. The molecule has 2 aromatic rings. The van der Waals surface area contributed by atoms with Gasteiger partial charge in [0.15, 0.2) is 0 Å². The number of benzene rings is 1. The van der Waals surface area contributed by atoms with E-state index < -0.39 is 16.9 Å². The number of aromatic nitrogens is 3. The third-order valence-electron chi connectivity index (χ3n) is 3.46. The van der Waals surface area contributed by atoms with Crippen molar-refractivity contribution in [2.75, 3.05) is 23.8 Å². The van der Waals surface area contributed by atoms with Crippen molar-refractivity contribution in [3.63, 3.8) is 0 Å². The largest absolute Gasteiger partial charge is 0.368 e. The molecule has 0 amide bonds. The highest BCUT2D eigenvalue weighted by Crippen LogP contribution is 2.58. The molecule has 0 spiro atoms. The van der Waals surface area contributed by atoms with Crippen LogP contribution in [0.25, 0.3) is 0 Å². The van der Waals surface area contributed by atoms with Gasteiger partial charge in [-0.25, -0.2) is 4.31 Å². The van der Waals surface area contributed by atoms with Crippen molar-refractivity contribution in [3.05, 3.63) is 34.9 Å². The molecule has 1 aromatic heterocycles. The number of nitrogens with two attached hydrogens (primary N) is 3. The van der Waals surface area contributed by atoms with Crippen molar-refractivity contribution in [1.29, 1.82) is 0 Å². The average molecular weight is 451 g/mol. The number of nitrogen functional groups attached to an aromatic ring is 3. The molecule has 0 bridgehead atoms. The molecule has 3 rings (SSSR count). The third kappa shape index (κ3) is 6.79. The molecule has 1 aliphatic heterocycles. The zero-order valence-electron chi connectivity index (χ0n) is 15.1. The van der Waals surface area contributed by atoms with Gasteiger partial charge in [0.1, 0.15) is 0 Å². The fourth-order valence-corrected chi connectivity index (χ4v) is 4.34. The Hall–Kier alpha value is -1.58. The number of nitrogens with zero attached hydrogens (tertiary/aromatic N) is 3. The van der Waals surface area contributed by atoms with Gasteiger partial charge >= 0.3 is 16.9 Å². The molecule has 1 saturated heterocycles. The summed E-state index contributed by atoms with van der Waals surface area (Å²) >= 11 is 5.86. The summed E-state index contributed by atoms with van der Waals surface area (Å²) in [4.78, 5) is 19.3. The van der Waals surface area contributed by atoms with Crippen LogP contribution in [0.3, 0.4) is 0 Å². The zero-order valence-corrected chi connectivity index (χ0v) is 17.7. The van der Waals surface area contributed by atoms with Crippen LogP contribution in [0.1, 0.15) is 25.5 Å². The molecule has 11 nitrogen and oxygen atoms in total. The van der Waals surface area contributed by atoms with E-state index in [1.165, 1.54) is 0 Å². The maximum absolute atomic E-state index is 10.7. The van der Waals surface area contributed by atoms with Crippen LogP contribution in [-0.4, -0.2) is 26.5 Å². The van der Waals surface area contributed by atoms with Gasteiger partial charge in [0.25, 0.3) is 0 Å². The molecular weight excluding hydrogens is 430 g/mol. The summed E-state index contributed by atoms with van der Waals surface area (Å²) in [6, 6.07) is 7.30. The van der Waals surface area contributed by atoms with Gasteiger partial charge in [0.2, 0.25) is 17.8 Å². The number of hydrogen-bond donors (Lipinski definition) is 4. The Labute approximate surface area is 168 Å². The summed E-state index contributed by atoms with van der Waals surface area (Å²) < 4.78 is 26.5. The Morgan fingerprint density at radius 2 is 1.68 bits per heavy atom. The van der Waals surface area contributed by atoms with E-state index in [2.05, 4.69) is 15.0 Å². The van der Waals surface area contributed by atoms with Gasteiger partial charge in [-0.15, -0.1) is 0 Å². The van der Waals surface area contributed by atoms with Crippen LogP contribution in [0.5, 0.6) is 0 Å². The number of halogens is 1. The summed E-state index contributed by atoms with van der Waals surface area (Å²) in [5, 5.41) is 0.646. The van der Waals surface area contributed by atoms with Crippen LogP contribution in [0.4, 0.5) is 17.8 Å². The van der Waals surface area contributed by atoms with E-state index in [1.54, 1.807) is 12.1 Å². The molecule has 0 radical (unpaired) electrons. The van der Waals surface area contributed by atoms with Gasteiger partial charge in [-0.2, -0.15) is 15.0 Å². The first-order valence-corrected chi connectivity index (χ1v) is 10.6. The second-order valence-electron chi connectivity index (χ2n) is 6.29. The molecule has 0 aliphatic carbocycles. The van der Waals surface area contributed by atoms with Gasteiger partial charge in [0, 0.05) is 10.4 Å². The summed E-state index contributed by atoms with van der Waals surface area (Å²) in [6.45, 7) is 4.39. The van der Waals surface area contributed by atoms with Gasteiger partial charge in [-0.1, -0.05) is 37.6 Å². The second-order valence-corrected chi connectivity index (χ2v) is 8.90. The fourth-order valence-electron chi connectivity index (χ4n) is 2.24. The van der Waals surface area contributed by atoms with Crippen molar-refractivity contribution < 1.29 is 22.8 Å². The van der Waals surface area contributed by atoms with Gasteiger partial charge < -0.3 is 31.1 Å². The standard InChI is InChI=1S/C11H15ClO5P2.C3H6N6/c1-11(2)7-15-19(17-18(13)14)16-10(11)8-3-5-9(12)6-4-8;4-1-7-2(5)9-3(6)8-1/h3-6,10,18H,7H2,1-2H3,(H,13,14);(H6,4,5,6,7,8,9). The lowest BCUT2D eigenvalue weighted by molar-refractivity contribution is -0.0256. The van der Waals surface area contributed by atoms with Crippen molar-refractivity contribution >= 4 is 46.3 Å². The maximum atomic E-state index is 10.7. The number of anilines is 3. The highest BCUT2D eigenvalue weighted by molar-refractivity contribution is 7.51. The lowest BCUT2D eigenvalue weighted by Crippen LogP contribution is -2.32. The SMILES string of the molecule is CC1(C)COP(O[PH](=O)O)OC1c1ccc(Cl)cc1.Nc1nc(N)nc(N)n1. The van der Waals surface area contributed by atoms with E-state index >= 15 is 0 Å². The Kier molecular flexibility index (Phi) is 7.91. The van der Waals surface area contributed by atoms with Crippen LogP contribution < -0.4 is 17.2 Å². The van der Waals surface area contributed by atoms with Crippen LogP contribution >= 0.6 is 28.5 Å². The normalized spacial score (nSPS) is 22.0. The Morgan fingerprint density at radius 3 is 2.14 bits per heavy atom. The Morgan fingerprint density at radius 1 is 1.18 bits per heavy atom. The molecule has 1 aliphatic rings. The van der Waals surface area contributed by atoms with E-state index in [0.29, 0.717) is 11.6 Å². The minimum atomic E-state index is -3.07. The molecule has 28 heavy (non-hydrogen) atoms. The molecule has 0 saturated carbocycles. The first kappa shape index (κ1) is 22.7. The summed E-state index contributed by atoms with van der Waals surface area (Å²) in [5.41, 5.74) is 16.1. The van der Waals surface area contributed by atoms with Gasteiger partial charge in [-0.05, 0) is 17.7 Å². The lowest BCUT2D eigenvalue weighted by atomic mass is 9.83. The molecule has 3 atom stereocenters. The predicted octanol–water partition coefficient (Wildman–Crippen LogP) is 2.70. The molecule has 1 fully saturated rings. The van der Waals surface area contributed by atoms with E-state index in [9.17, 15) is 4.57 Å². The second kappa shape index (κ2) is 9.76. The van der Waals surface area contributed by atoms with E-state index in [0.717, 1.165) is 5.56 Å². The lowest BCUT2D eigenvalue weighted by Gasteiger charge is -2.40. The predicted molar refractivity (Wildman–Crippen MR) is 107 cm³/mol. The maximum Gasteiger partial charge on any atom is 0.340 e. The van der Waals surface area contributed by atoms with Crippen LogP contribution in [0, 0.1) is 5.41 Å². The molecule has 14 heteroatoms.